The number of hydrogen-bond donors (Lipinski definition) is 2. The summed E-state index contributed by atoms with van der Waals surface area (Å²) in [4.78, 5) is 0. The van der Waals surface area contributed by atoms with Crippen molar-refractivity contribution in [2.24, 2.45) is 5.10 Å². The van der Waals surface area contributed by atoms with E-state index in [-0.39, 0.29) is 6.10 Å². The van der Waals surface area contributed by atoms with Gasteiger partial charge in [0.15, 0.2) is 10.9 Å². The zero-order chi connectivity index (χ0) is 17.5. The van der Waals surface area contributed by atoms with Crippen molar-refractivity contribution in [1.82, 2.24) is 5.43 Å². The maximum atomic E-state index is 6.20. The molecule has 0 saturated carbocycles. The SMILES string of the molecule is CC(C)Oc1c(Cl)cc(/C=N/NC(=S)Nc2ccccc2)cc1Cl. The zero-order valence-electron chi connectivity index (χ0n) is 13.2. The molecule has 2 aromatic carbocycles. The van der Waals surface area contributed by atoms with Crippen molar-refractivity contribution in [2.45, 2.75) is 20.0 Å². The molecule has 0 atom stereocenters. The number of hydrazone groups is 1. The van der Waals surface area contributed by atoms with Crippen LogP contribution in [0.5, 0.6) is 5.75 Å². The number of nitrogens with one attached hydrogen (secondary N) is 2. The molecule has 0 radical (unpaired) electrons. The first-order valence-corrected chi connectivity index (χ1v) is 8.43. The first-order valence-electron chi connectivity index (χ1n) is 7.26. The number of rotatable bonds is 5. The summed E-state index contributed by atoms with van der Waals surface area (Å²) in [5.74, 6) is 0.472. The van der Waals surface area contributed by atoms with Crippen LogP contribution in [0, 0.1) is 0 Å². The molecule has 0 saturated heterocycles. The fourth-order valence-electron chi connectivity index (χ4n) is 1.85. The van der Waals surface area contributed by atoms with Crippen LogP contribution < -0.4 is 15.5 Å². The monoisotopic (exact) mass is 381 g/mol. The van der Waals surface area contributed by atoms with Gasteiger partial charge in [-0.2, -0.15) is 5.10 Å². The highest BCUT2D eigenvalue weighted by Gasteiger charge is 2.10. The van der Waals surface area contributed by atoms with Crippen molar-refractivity contribution in [1.29, 1.82) is 0 Å². The van der Waals surface area contributed by atoms with E-state index < -0.39 is 0 Å². The van der Waals surface area contributed by atoms with Gasteiger partial charge in [0.25, 0.3) is 0 Å². The summed E-state index contributed by atoms with van der Waals surface area (Å²) in [6, 6.07) is 13.0. The molecule has 0 aliphatic heterocycles. The molecule has 2 aromatic rings. The van der Waals surface area contributed by atoms with E-state index in [0.717, 1.165) is 11.3 Å². The fourth-order valence-corrected chi connectivity index (χ4v) is 2.61. The molecule has 0 fully saturated rings. The molecule has 0 heterocycles. The fraction of sp³-hybridized carbons (Fsp3) is 0.176. The van der Waals surface area contributed by atoms with Crippen LogP contribution in [0.15, 0.2) is 47.6 Å². The number of benzene rings is 2. The van der Waals surface area contributed by atoms with Crippen LogP contribution in [-0.2, 0) is 0 Å². The largest absolute Gasteiger partial charge is 0.488 e. The van der Waals surface area contributed by atoms with E-state index in [9.17, 15) is 0 Å². The van der Waals surface area contributed by atoms with E-state index in [1.807, 2.05) is 44.2 Å². The Kier molecular flexibility index (Phi) is 6.85. The van der Waals surface area contributed by atoms with Gasteiger partial charge >= 0.3 is 0 Å². The van der Waals surface area contributed by atoms with Crippen LogP contribution in [0.3, 0.4) is 0 Å². The van der Waals surface area contributed by atoms with Crippen LogP contribution in [0.25, 0.3) is 0 Å². The second kappa shape index (κ2) is 8.87. The highest BCUT2D eigenvalue weighted by molar-refractivity contribution is 7.80. The number of hydrogen-bond acceptors (Lipinski definition) is 3. The normalized spacial score (nSPS) is 10.9. The Morgan fingerprint density at radius 3 is 2.38 bits per heavy atom. The van der Waals surface area contributed by atoms with Crippen molar-refractivity contribution < 1.29 is 4.74 Å². The van der Waals surface area contributed by atoms with Gasteiger partial charge in [0, 0.05) is 5.69 Å². The third-order valence-corrected chi connectivity index (χ3v) is 3.54. The molecule has 24 heavy (non-hydrogen) atoms. The molecule has 0 amide bonds. The van der Waals surface area contributed by atoms with Crippen LogP contribution in [0.1, 0.15) is 19.4 Å². The molecule has 7 heteroatoms. The number of anilines is 1. The minimum absolute atomic E-state index is 0.0115. The van der Waals surface area contributed by atoms with Crippen LogP contribution in [0.2, 0.25) is 10.0 Å². The minimum Gasteiger partial charge on any atom is -0.488 e. The third-order valence-electron chi connectivity index (χ3n) is 2.79. The van der Waals surface area contributed by atoms with Crippen LogP contribution in [0.4, 0.5) is 5.69 Å². The zero-order valence-corrected chi connectivity index (χ0v) is 15.5. The standard InChI is InChI=1S/C17H17Cl2N3OS/c1-11(2)23-16-14(18)8-12(9-15(16)19)10-20-22-17(24)21-13-6-4-3-5-7-13/h3-11H,1-2H3,(H2,21,22,24)/b20-10+. The van der Waals surface area contributed by atoms with E-state index in [0.29, 0.717) is 20.9 Å². The molecule has 0 aliphatic rings. The van der Waals surface area contributed by atoms with Gasteiger partial charge in [-0.15, -0.1) is 0 Å². The van der Waals surface area contributed by atoms with Crippen molar-refractivity contribution in [3.05, 3.63) is 58.1 Å². The summed E-state index contributed by atoms with van der Waals surface area (Å²) in [5, 5.41) is 8.34. The van der Waals surface area contributed by atoms with Crippen LogP contribution in [-0.4, -0.2) is 17.4 Å². The molecule has 0 unspecified atom stereocenters. The maximum Gasteiger partial charge on any atom is 0.191 e. The van der Waals surface area contributed by atoms with Crippen molar-refractivity contribution >= 4 is 52.4 Å². The van der Waals surface area contributed by atoms with E-state index >= 15 is 0 Å². The number of halogens is 2. The Labute approximate surface area is 156 Å². The summed E-state index contributed by atoms with van der Waals surface area (Å²) in [7, 11) is 0. The molecule has 0 aromatic heterocycles. The van der Waals surface area contributed by atoms with Gasteiger partial charge in [-0.1, -0.05) is 41.4 Å². The van der Waals surface area contributed by atoms with Gasteiger partial charge in [0.05, 0.1) is 22.4 Å². The molecule has 126 valence electrons. The van der Waals surface area contributed by atoms with Gasteiger partial charge in [-0.3, -0.25) is 5.43 Å². The summed E-state index contributed by atoms with van der Waals surface area (Å²) in [6.45, 7) is 3.82. The second-order valence-electron chi connectivity index (χ2n) is 5.17. The summed E-state index contributed by atoms with van der Waals surface area (Å²) in [5.41, 5.74) is 4.35. The maximum absolute atomic E-state index is 6.20. The predicted molar refractivity (Wildman–Crippen MR) is 106 cm³/mol. The van der Waals surface area contributed by atoms with Gasteiger partial charge in [-0.25, -0.2) is 0 Å². The highest BCUT2D eigenvalue weighted by atomic mass is 35.5. The first kappa shape index (κ1) is 18.5. The van der Waals surface area contributed by atoms with E-state index in [1.54, 1.807) is 18.3 Å². The van der Waals surface area contributed by atoms with Crippen LogP contribution >= 0.6 is 35.4 Å². The lowest BCUT2D eigenvalue weighted by molar-refractivity contribution is 0.243. The van der Waals surface area contributed by atoms with Gasteiger partial charge in [0.1, 0.15) is 0 Å². The Morgan fingerprint density at radius 1 is 1.17 bits per heavy atom. The summed E-state index contributed by atoms with van der Waals surface area (Å²) >= 11 is 17.6. The number of thiocarbonyl (C=S) groups is 1. The van der Waals surface area contributed by atoms with Gasteiger partial charge < -0.3 is 10.1 Å². The molecule has 0 bridgehead atoms. The molecule has 2 N–H and O–H groups in total. The smallest absolute Gasteiger partial charge is 0.191 e. The third kappa shape index (κ3) is 5.67. The Morgan fingerprint density at radius 2 is 1.79 bits per heavy atom. The minimum atomic E-state index is -0.0115. The molecule has 2 rings (SSSR count). The van der Waals surface area contributed by atoms with Gasteiger partial charge in [-0.05, 0) is 55.9 Å². The predicted octanol–water partition coefficient (Wildman–Crippen LogP) is 5.10. The lowest BCUT2D eigenvalue weighted by Gasteiger charge is -2.13. The lowest BCUT2D eigenvalue weighted by atomic mass is 10.2. The first-order chi connectivity index (χ1) is 11.5. The molecule has 4 nitrogen and oxygen atoms in total. The summed E-state index contributed by atoms with van der Waals surface area (Å²) in [6.07, 6.45) is 1.57. The average Bonchev–Trinajstić information content (AvgIpc) is 2.52. The molecule has 0 aliphatic carbocycles. The Balaban J connectivity index is 1.98. The topological polar surface area (TPSA) is 45.6 Å². The quantitative estimate of drug-likeness (QED) is 0.429. The molecule has 0 spiro atoms. The average molecular weight is 382 g/mol. The van der Waals surface area contributed by atoms with E-state index in [1.165, 1.54) is 0 Å². The van der Waals surface area contributed by atoms with Crippen molar-refractivity contribution in [3.63, 3.8) is 0 Å². The van der Waals surface area contributed by atoms with E-state index in [4.69, 9.17) is 40.2 Å². The Bertz CT molecular complexity index is 713. The van der Waals surface area contributed by atoms with Gasteiger partial charge in [0.2, 0.25) is 0 Å². The highest BCUT2D eigenvalue weighted by Crippen LogP contribution is 2.34. The lowest BCUT2D eigenvalue weighted by Crippen LogP contribution is -2.23. The second-order valence-corrected chi connectivity index (χ2v) is 6.39. The molecular weight excluding hydrogens is 365 g/mol. The number of para-hydroxylation sites is 1. The molecular formula is C17H17Cl2N3OS. The number of ether oxygens (including phenoxy) is 1. The Hall–Kier alpha value is -1.82. The number of nitrogens with zero attached hydrogens (tertiary/aromatic N) is 1. The summed E-state index contributed by atoms with van der Waals surface area (Å²) < 4.78 is 5.59. The van der Waals surface area contributed by atoms with E-state index in [2.05, 4.69) is 15.8 Å². The van der Waals surface area contributed by atoms with Crippen molar-refractivity contribution in [3.8, 4) is 5.75 Å². The van der Waals surface area contributed by atoms with Crippen molar-refractivity contribution in [2.75, 3.05) is 5.32 Å².